The van der Waals surface area contributed by atoms with Gasteiger partial charge in [-0.25, -0.2) is 9.59 Å². The molecular formula is C29H29ClF3N7O7. The molecule has 0 spiro atoms. The van der Waals surface area contributed by atoms with E-state index >= 15 is 0 Å². The molecule has 0 aliphatic heterocycles. The average molecular weight is 680 g/mol. The first-order valence-electron chi connectivity index (χ1n) is 14.0. The van der Waals surface area contributed by atoms with Gasteiger partial charge in [-0.3, -0.25) is 9.59 Å². The number of carbonyl (C=O) groups excluding carboxylic acids is 4. The molecule has 0 saturated heterocycles. The monoisotopic (exact) mass is 679 g/mol. The number of hydrogen-bond donors (Lipinski definition) is 4. The van der Waals surface area contributed by atoms with E-state index in [-0.39, 0.29) is 24.1 Å². The molecule has 1 aromatic heterocycles. The highest BCUT2D eigenvalue weighted by atomic mass is 35.5. The number of ether oxygens (including phenoxy) is 3. The van der Waals surface area contributed by atoms with Gasteiger partial charge in [0, 0.05) is 22.8 Å². The predicted molar refractivity (Wildman–Crippen MR) is 160 cm³/mol. The van der Waals surface area contributed by atoms with Gasteiger partial charge in [0.15, 0.2) is 6.61 Å². The molecule has 4 rings (SSSR count). The summed E-state index contributed by atoms with van der Waals surface area (Å²) >= 11 is 6.00. The van der Waals surface area contributed by atoms with Gasteiger partial charge in [0.05, 0.1) is 19.3 Å². The molecule has 4 N–H and O–H groups in total. The molecule has 1 unspecified atom stereocenters. The van der Waals surface area contributed by atoms with Crippen LogP contribution < -0.4 is 26.0 Å². The second-order valence-corrected chi connectivity index (χ2v) is 10.5. The summed E-state index contributed by atoms with van der Waals surface area (Å²) in [6.07, 6.45) is -3.22. The molecule has 250 valence electrons. The molecule has 18 heteroatoms. The minimum Gasteiger partial charge on any atom is -0.467 e. The fraction of sp³-hybridized carbons (Fsp3) is 0.345. The highest BCUT2D eigenvalue weighted by molar-refractivity contribution is 6.32. The zero-order valence-electron chi connectivity index (χ0n) is 24.9. The van der Waals surface area contributed by atoms with Crippen LogP contribution in [0.25, 0.3) is 0 Å². The number of anilines is 3. The smallest absolute Gasteiger partial charge is 0.422 e. The third-order valence-electron chi connectivity index (χ3n) is 6.60. The van der Waals surface area contributed by atoms with Crippen LogP contribution in [0.3, 0.4) is 0 Å². The Morgan fingerprint density at radius 2 is 1.64 bits per heavy atom. The fourth-order valence-electron chi connectivity index (χ4n) is 4.15. The first-order valence-corrected chi connectivity index (χ1v) is 14.4. The number of halogens is 4. The lowest BCUT2D eigenvalue weighted by Gasteiger charge is -2.19. The largest absolute Gasteiger partial charge is 0.467 e. The molecule has 1 aliphatic rings. The van der Waals surface area contributed by atoms with E-state index in [1.54, 1.807) is 12.1 Å². The SMILES string of the molecule is CCOC(=O)C(=O)NCC(NC(=O)c1ccc(Nc2nc(NC3(c4ccc(Cl)cc4)CC3)nc(OCC(F)(F)F)n2)cc1)C(=O)OC. The van der Waals surface area contributed by atoms with Crippen LogP contribution in [0.1, 0.15) is 35.7 Å². The lowest BCUT2D eigenvalue weighted by Crippen LogP contribution is -2.50. The summed E-state index contributed by atoms with van der Waals surface area (Å²) in [6, 6.07) is 10.9. The number of esters is 2. The highest BCUT2D eigenvalue weighted by Gasteiger charge is 2.45. The number of nitrogens with one attached hydrogen (secondary N) is 4. The summed E-state index contributed by atoms with van der Waals surface area (Å²) < 4.78 is 52.7. The quantitative estimate of drug-likeness (QED) is 0.153. The predicted octanol–water partition coefficient (Wildman–Crippen LogP) is 3.26. The molecule has 47 heavy (non-hydrogen) atoms. The van der Waals surface area contributed by atoms with Crippen molar-refractivity contribution in [2.24, 2.45) is 0 Å². The van der Waals surface area contributed by atoms with E-state index < -0.39 is 60.7 Å². The van der Waals surface area contributed by atoms with E-state index in [0.29, 0.717) is 23.6 Å². The third kappa shape index (κ3) is 9.90. The van der Waals surface area contributed by atoms with Gasteiger partial charge < -0.3 is 35.5 Å². The Labute approximate surface area is 270 Å². The molecular weight excluding hydrogens is 651 g/mol. The Bertz CT molecular complexity index is 1610. The number of methoxy groups -OCH3 is 1. The normalized spacial score (nSPS) is 13.8. The van der Waals surface area contributed by atoms with Crippen molar-refractivity contribution in [1.29, 1.82) is 0 Å². The molecule has 1 fully saturated rings. The minimum absolute atomic E-state index is 0.0301. The maximum Gasteiger partial charge on any atom is 0.422 e. The Kier molecular flexibility index (Phi) is 11.0. The van der Waals surface area contributed by atoms with Gasteiger partial charge in [-0.1, -0.05) is 23.7 Å². The number of rotatable bonds is 13. The van der Waals surface area contributed by atoms with E-state index in [2.05, 4.69) is 45.7 Å². The molecule has 2 amide bonds. The number of alkyl halides is 3. The number of carbonyl (C=O) groups is 4. The van der Waals surface area contributed by atoms with Gasteiger partial charge in [-0.15, -0.1) is 0 Å². The molecule has 0 bridgehead atoms. The van der Waals surface area contributed by atoms with Crippen molar-refractivity contribution in [3.8, 4) is 6.01 Å². The van der Waals surface area contributed by atoms with Crippen LogP contribution in [0.5, 0.6) is 6.01 Å². The Morgan fingerprint density at radius 3 is 2.23 bits per heavy atom. The van der Waals surface area contributed by atoms with Crippen molar-refractivity contribution in [3.63, 3.8) is 0 Å². The molecule has 1 saturated carbocycles. The average Bonchev–Trinajstić information content (AvgIpc) is 3.82. The molecule has 14 nitrogen and oxygen atoms in total. The summed E-state index contributed by atoms with van der Waals surface area (Å²) in [4.78, 5) is 60.6. The second kappa shape index (κ2) is 14.9. The van der Waals surface area contributed by atoms with E-state index in [1.165, 1.54) is 31.2 Å². The van der Waals surface area contributed by atoms with Crippen molar-refractivity contribution in [1.82, 2.24) is 25.6 Å². The summed E-state index contributed by atoms with van der Waals surface area (Å²) in [6.45, 7) is -0.595. The Hall–Kier alpha value is -5.19. The summed E-state index contributed by atoms with van der Waals surface area (Å²) in [5, 5.41) is 11.2. The van der Waals surface area contributed by atoms with Gasteiger partial charge in [0.1, 0.15) is 6.04 Å². The maximum absolute atomic E-state index is 12.9. The van der Waals surface area contributed by atoms with Gasteiger partial charge in [0.25, 0.3) is 5.91 Å². The van der Waals surface area contributed by atoms with E-state index in [4.69, 9.17) is 16.3 Å². The van der Waals surface area contributed by atoms with Gasteiger partial charge in [0.2, 0.25) is 11.9 Å². The van der Waals surface area contributed by atoms with Crippen LogP contribution >= 0.6 is 11.6 Å². The summed E-state index contributed by atoms with van der Waals surface area (Å²) in [5.41, 5.74) is 0.764. The Morgan fingerprint density at radius 1 is 0.979 bits per heavy atom. The van der Waals surface area contributed by atoms with Gasteiger partial charge >= 0.3 is 30.0 Å². The first-order chi connectivity index (χ1) is 22.3. The molecule has 1 aliphatic carbocycles. The molecule has 0 radical (unpaired) electrons. The van der Waals surface area contributed by atoms with Crippen molar-refractivity contribution in [2.75, 3.05) is 37.5 Å². The van der Waals surface area contributed by atoms with Gasteiger partial charge in [-0.2, -0.15) is 28.1 Å². The number of amides is 2. The summed E-state index contributed by atoms with van der Waals surface area (Å²) in [5.74, 6) is -4.04. The number of hydrogen-bond acceptors (Lipinski definition) is 12. The van der Waals surface area contributed by atoms with E-state index in [0.717, 1.165) is 12.7 Å². The standard InChI is InChI=1S/C29H29ClF3N7O7/c1-3-46-24(44)22(42)34-14-20(23(43)45-2)36-21(41)16-4-10-19(11-5-16)35-25-37-26(39-27(38-25)47-15-29(31,32)33)40-28(12-13-28)17-6-8-18(30)9-7-17/h4-11,20H,3,12-15H2,1-2H3,(H,34,42)(H,36,41)(H2,35,37,38,39,40). The van der Waals surface area contributed by atoms with E-state index in [9.17, 15) is 32.3 Å². The number of benzene rings is 2. The zero-order valence-corrected chi connectivity index (χ0v) is 25.7. The van der Waals surface area contributed by atoms with E-state index in [1.807, 2.05) is 12.1 Å². The molecule has 1 heterocycles. The zero-order chi connectivity index (χ0) is 34.2. The van der Waals surface area contributed by atoms with Gasteiger partial charge in [-0.05, 0) is 61.7 Å². The van der Waals surface area contributed by atoms with Crippen LogP contribution in [0, 0.1) is 0 Å². The van der Waals surface area contributed by atoms with Crippen LogP contribution in [0.2, 0.25) is 5.02 Å². The number of aromatic nitrogens is 3. The third-order valence-corrected chi connectivity index (χ3v) is 6.85. The van der Waals surface area contributed by atoms with Crippen molar-refractivity contribution >= 4 is 52.9 Å². The molecule has 2 aromatic carbocycles. The van der Waals surface area contributed by atoms with Crippen molar-refractivity contribution < 1.29 is 46.6 Å². The molecule has 3 aromatic rings. The molecule has 1 atom stereocenters. The van der Waals surface area contributed by atoms with Crippen LogP contribution in [0.15, 0.2) is 48.5 Å². The second-order valence-electron chi connectivity index (χ2n) is 10.1. The fourth-order valence-corrected chi connectivity index (χ4v) is 4.27. The van der Waals surface area contributed by atoms with Crippen LogP contribution in [0.4, 0.5) is 30.8 Å². The van der Waals surface area contributed by atoms with Crippen LogP contribution in [-0.2, 0) is 29.4 Å². The summed E-state index contributed by atoms with van der Waals surface area (Å²) in [7, 11) is 1.08. The van der Waals surface area contributed by atoms with Crippen LogP contribution in [-0.4, -0.2) is 77.8 Å². The lowest BCUT2D eigenvalue weighted by molar-refractivity contribution is -0.154. The first kappa shape index (κ1) is 34.7. The topological polar surface area (TPSA) is 183 Å². The minimum atomic E-state index is -4.63. The number of nitrogens with zero attached hydrogens (tertiary/aromatic N) is 3. The van der Waals surface area contributed by atoms with Crippen molar-refractivity contribution in [2.45, 2.75) is 37.5 Å². The van der Waals surface area contributed by atoms with Crippen molar-refractivity contribution in [3.05, 3.63) is 64.7 Å². The lowest BCUT2D eigenvalue weighted by atomic mass is 10.1. The highest BCUT2D eigenvalue weighted by Crippen LogP contribution is 2.48. The maximum atomic E-state index is 12.9. The Balaban J connectivity index is 1.47.